The number of carbonyl (C=O) groups is 3. The summed E-state index contributed by atoms with van der Waals surface area (Å²) in [5.41, 5.74) is 0.839. The maximum absolute atomic E-state index is 12.6. The van der Waals surface area contributed by atoms with Crippen molar-refractivity contribution in [2.24, 2.45) is 5.10 Å². The van der Waals surface area contributed by atoms with Crippen LogP contribution in [-0.2, 0) is 9.59 Å². The molecule has 0 saturated heterocycles. The van der Waals surface area contributed by atoms with Crippen molar-refractivity contribution in [3.63, 3.8) is 0 Å². The van der Waals surface area contributed by atoms with Crippen molar-refractivity contribution < 1.29 is 28.6 Å². The number of thioether (sulfide) groups is 1. The predicted molar refractivity (Wildman–Crippen MR) is 120 cm³/mol. The quantitative estimate of drug-likeness (QED) is 0.518. The number of ether oxygens (including phenoxy) is 3. The fourth-order valence-electron chi connectivity index (χ4n) is 2.86. The summed E-state index contributed by atoms with van der Waals surface area (Å²) in [7, 11) is 2.90. The largest absolute Gasteiger partial charge is 0.497 e. The molecular formula is C21H20ClN3O6S. The van der Waals surface area contributed by atoms with E-state index in [-0.39, 0.29) is 39.1 Å². The number of hydrogen-bond donors (Lipinski definition) is 1. The van der Waals surface area contributed by atoms with Gasteiger partial charge in [0.15, 0.2) is 16.7 Å². The maximum atomic E-state index is 12.6. The minimum absolute atomic E-state index is 0.0334. The fraction of sp³-hybridized carbons (Fsp3) is 0.238. The number of amidine groups is 1. The van der Waals surface area contributed by atoms with Crippen LogP contribution in [0.5, 0.6) is 17.2 Å². The van der Waals surface area contributed by atoms with E-state index >= 15 is 0 Å². The molecule has 0 radical (unpaired) electrons. The van der Waals surface area contributed by atoms with Gasteiger partial charge in [-0.05, 0) is 35.9 Å². The molecule has 3 rings (SSSR count). The molecular weight excluding hydrogens is 458 g/mol. The van der Waals surface area contributed by atoms with Crippen LogP contribution in [0.4, 0.5) is 0 Å². The normalized spacial score (nSPS) is 15.1. The van der Waals surface area contributed by atoms with Gasteiger partial charge < -0.3 is 19.5 Å². The lowest BCUT2D eigenvalue weighted by Crippen LogP contribution is -2.25. The molecule has 1 aliphatic heterocycles. The first-order chi connectivity index (χ1) is 15.2. The van der Waals surface area contributed by atoms with Crippen LogP contribution in [0.2, 0.25) is 5.02 Å². The maximum Gasteiger partial charge on any atom is 0.343 e. The molecule has 1 aliphatic rings. The third-order valence-corrected chi connectivity index (χ3v) is 5.67. The average molecular weight is 478 g/mol. The number of hydrogen-bond acceptors (Lipinski definition) is 8. The first-order valence-corrected chi connectivity index (χ1v) is 10.6. The number of halogens is 1. The monoisotopic (exact) mass is 477 g/mol. The summed E-state index contributed by atoms with van der Waals surface area (Å²) < 4.78 is 16.0. The average Bonchev–Trinajstić information content (AvgIpc) is 3.18. The first-order valence-electron chi connectivity index (χ1n) is 9.29. The first kappa shape index (κ1) is 23.4. The number of hydrazone groups is 1. The van der Waals surface area contributed by atoms with Gasteiger partial charge in [0.05, 0.1) is 24.8 Å². The van der Waals surface area contributed by atoms with Crippen molar-refractivity contribution in [3.05, 3.63) is 52.5 Å². The highest BCUT2D eigenvalue weighted by atomic mass is 35.5. The SMILES string of the molecule is COc1cccc(C(=O)Oc2c(Cl)cc([C@H]3SC(NC(C)=O)=NN3C(C)=O)cc2OC)c1. The van der Waals surface area contributed by atoms with Crippen LogP contribution in [0.1, 0.15) is 35.1 Å². The summed E-state index contributed by atoms with van der Waals surface area (Å²) in [4.78, 5) is 36.1. The Morgan fingerprint density at radius 2 is 1.88 bits per heavy atom. The number of carbonyl (C=O) groups excluding carboxylic acids is 3. The van der Waals surface area contributed by atoms with Crippen LogP contribution in [0.25, 0.3) is 0 Å². The van der Waals surface area contributed by atoms with Gasteiger partial charge in [-0.2, -0.15) is 0 Å². The Morgan fingerprint density at radius 1 is 1.12 bits per heavy atom. The molecule has 0 aromatic heterocycles. The zero-order chi connectivity index (χ0) is 23.4. The van der Waals surface area contributed by atoms with Crippen molar-refractivity contribution in [1.29, 1.82) is 0 Å². The zero-order valence-corrected chi connectivity index (χ0v) is 19.2. The number of rotatable bonds is 5. The van der Waals surface area contributed by atoms with E-state index in [1.54, 1.807) is 30.3 Å². The second-order valence-electron chi connectivity index (χ2n) is 6.58. The molecule has 11 heteroatoms. The van der Waals surface area contributed by atoms with Gasteiger partial charge in [0.1, 0.15) is 11.1 Å². The Balaban J connectivity index is 1.90. The molecule has 1 N–H and O–H groups in total. The summed E-state index contributed by atoms with van der Waals surface area (Å²) in [6.07, 6.45) is 0. The van der Waals surface area contributed by atoms with Gasteiger partial charge in [-0.25, -0.2) is 9.80 Å². The van der Waals surface area contributed by atoms with Gasteiger partial charge >= 0.3 is 5.97 Å². The van der Waals surface area contributed by atoms with Gasteiger partial charge in [0.25, 0.3) is 0 Å². The van der Waals surface area contributed by atoms with Crippen LogP contribution in [-0.4, -0.2) is 42.2 Å². The van der Waals surface area contributed by atoms with Gasteiger partial charge in [-0.15, -0.1) is 5.10 Å². The molecule has 0 unspecified atom stereocenters. The van der Waals surface area contributed by atoms with E-state index in [4.69, 9.17) is 25.8 Å². The molecule has 1 heterocycles. The number of nitrogens with zero attached hydrogens (tertiary/aromatic N) is 2. The highest BCUT2D eigenvalue weighted by Crippen LogP contribution is 2.44. The second kappa shape index (κ2) is 9.92. The van der Waals surface area contributed by atoms with E-state index in [0.29, 0.717) is 11.3 Å². The molecule has 0 fully saturated rings. The molecule has 0 aliphatic carbocycles. The van der Waals surface area contributed by atoms with Crippen LogP contribution < -0.4 is 19.5 Å². The van der Waals surface area contributed by atoms with E-state index in [0.717, 1.165) is 11.8 Å². The van der Waals surface area contributed by atoms with Crippen LogP contribution in [0, 0.1) is 0 Å². The number of amides is 2. The summed E-state index contributed by atoms with van der Waals surface area (Å²) in [6, 6.07) is 9.64. The number of methoxy groups -OCH3 is 2. The van der Waals surface area contributed by atoms with Crippen LogP contribution in [0.15, 0.2) is 41.5 Å². The second-order valence-corrected chi connectivity index (χ2v) is 8.05. The van der Waals surface area contributed by atoms with Crippen molar-refractivity contribution in [1.82, 2.24) is 10.3 Å². The smallest absolute Gasteiger partial charge is 0.343 e. The van der Waals surface area contributed by atoms with Gasteiger partial charge in [0, 0.05) is 13.8 Å². The van der Waals surface area contributed by atoms with Gasteiger partial charge in [-0.1, -0.05) is 29.4 Å². The Hall–Kier alpha value is -3.24. The molecule has 0 spiro atoms. The van der Waals surface area contributed by atoms with Crippen molar-refractivity contribution in [3.8, 4) is 17.2 Å². The fourth-order valence-corrected chi connectivity index (χ4v) is 4.24. The van der Waals surface area contributed by atoms with Crippen LogP contribution in [0.3, 0.4) is 0 Å². The van der Waals surface area contributed by atoms with Gasteiger partial charge in [0.2, 0.25) is 11.8 Å². The summed E-state index contributed by atoms with van der Waals surface area (Å²) in [6.45, 7) is 2.71. The molecule has 1 atom stereocenters. The highest BCUT2D eigenvalue weighted by Gasteiger charge is 2.33. The predicted octanol–water partition coefficient (Wildman–Crippen LogP) is 3.58. The molecule has 9 nitrogen and oxygen atoms in total. The molecule has 0 bridgehead atoms. The summed E-state index contributed by atoms with van der Waals surface area (Å²) in [5, 5.41) is 7.73. The van der Waals surface area contributed by atoms with E-state index < -0.39 is 11.3 Å². The number of esters is 1. The molecule has 168 valence electrons. The Morgan fingerprint density at radius 3 is 2.50 bits per heavy atom. The Kier molecular flexibility index (Phi) is 7.26. The van der Waals surface area contributed by atoms with E-state index in [1.807, 2.05) is 0 Å². The summed E-state index contributed by atoms with van der Waals surface area (Å²) in [5.74, 6) is -0.548. The van der Waals surface area contributed by atoms with Crippen LogP contribution >= 0.6 is 23.4 Å². The molecule has 0 saturated carbocycles. The van der Waals surface area contributed by atoms with Gasteiger partial charge in [-0.3, -0.25) is 9.59 Å². The van der Waals surface area contributed by atoms with Crippen molar-refractivity contribution >= 4 is 46.3 Å². The summed E-state index contributed by atoms with van der Waals surface area (Å²) >= 11 is 7.59. The Labute approximate surface area is 193 Å². The topological polar surface area (TPSA) is 107 Å². The Bertz CT molecular complexity index is 1110. The van der Waals surface area contributed by atoms with E-state index in [1.165, 1.54) is 39.1 Å². The molecule has 32 heavy (non-hydrogen) atoms. The van der Waals surface area contributed by atoms with E-state index in [9.17, 15) is 14.4 Å². The van der Waals surface area contributed by atoms with E-state index in [2.05, 4.69) is 10.4 Å². The van der Waals surface area contributed by atoms with Crippen molar-refractivity contribution in [2.75, 3.05) is 14.2 Å². The highest BCUT2D eigenvalue weighted by molar-refractivity contribution is 8.14. The number of nitrogens with one attached hydrogen (secondary N) is 1. The molecule has 2 amide bonds. The number of benzene rings is 2. The lowest BCUT2D eigenvalue weighted by Gasteiger charge is -2.21. The third kappa shape index (κ3) is 5.14. The van der Waals surface area contributed by atoms with Crippen molar-refractivity contribution in [2.45, 2.75) is 19.2 Å². The zero-order valence-electron chi connectivity index (χ0n) is 17.7. The lowest BCUT2D eigenvalue weighted by atomic mass is 10.1. The standard InChI is InChI=1S/C21H20ClN3O6S/c1-11(26)23-21-24-25(12(2)27)19(32-21)14-9-16(22)18(17(10-14)30-4)31-20(28)13-6-5-7-15(8-13)29-3/h5-10,19H,1-4H3,(H,23,24,26)/t19-/m1/s1. The minimum atomic E-state index is -0.645. The lowest BCUT2D eigenvalue weighted by molar-refractivity contribution is -0.129. The molecule has 2 aromatic carbocycles. The minimum Gasteiger partial charge on any atom is -0.497 e. The molecule has 2 aromatic rings. The third-order valence-electron chi connectivity index (χ3n) is 4.29.